The van der Waals surface area contributed by atoms with Gasteiger partial charge >= 0.3 is 0 Å². The van der Waals surface area contributed by atoms with Crippen LogP contribution in [0.4, 0.5) is 5.69 Å². The molecule has 0 aliphatic carbocycles. The van der Waals surface area contributed by atoms with Crippen molar-refractivity contribution in [1.29, 1.82) is 0 Å². The van der Waals surface area contributed by atoms with E-state index in [4.69, 9.17) is 16.3 Å². The van der Waals surface area contributed by atoms with Crippen molar-refractivity contribution in [3.63, 3.8) is 0 Å². The number of carbonyl (C=O) groups is 2. The number of pyridine rings is 1. The highest BCUT2D eigenvalue weighted by Crippen LogP contribution is 2.43. The Hall–Kier alpha value is -3.64. The van der Waals surface area contributed by atoms with Crippen LogP contribution in [0, 0.1) is 0 Å². The van der Waals surface area contributed by atoms with Gasteiger partial charge in [-0.15, -0.1) is 0 Å². The molecule has 1 atom stereocenters. The lowest BCUT2D eigenvalue weighted by Gasteiger charge is -2.25. The number of ether oxygens (including phenoxy) is 1. The smallest absolute Gasteiger partial charge is 0.300 e. The topological polar surface area (TPSA) is 79.7 Å². The molecule has 150 valence electrons. The molecule has 7 heteroatoms. The second-order valence-corrected chi connectivity index (χ2v) is 7.04. The molecule has 30 heavy (non-hydrogen) atoms. The Bertz CT molecular complexity index is 1150. The number of para-hydroxylation sites is 1. The van der Waals surface area contributed by atoms with Crippen LogP contribution < -0.4 is 9.64 Å². The Labute approximate surface area is 178 Å². The van der Waals surface area contributed by atoms with E-state index in [1.165, 1.54) is 18.1 Å². The lowest BCUT2D eigenvalue weighted by Crippen LogP contribution is -2.29. The average molecular weight is 421 g/mol. The Morgan fingerprint density at radius 3 is 2.53 bits per heavy atom. The number of aromatic nitrogens is 1. The van der Waals surface area contributed by atoms with E-state index in [0.29, 0.717) is 17.0 Å². The van der Waals surface area contributed by atoms with Gasteiger partial charge in [-0.25, -0.2) is 0 Å². The zero-order chi connectivity index (χ0) is 21.3. The maximum atomic E-state index is 13.0. The first-order chi connectivity index (χ1) is 14.5. The van der Waals surface area contributed by atoms with Gasteiger partial charge in [-0.1, -0.05) is 35.9 Å². The molecule has 1 aliphatic heterocycles. The van der Waals surface area contributed by atoms with Crippen molar-refractivity contribution in [3.8, 4) is 5.75 Å². The number of methoxy groups -OCH3 is 1. The summed E-state index contributed by atoms with van der Waals surface area (Å²) in [4.78, 5) is 31.5. The van der Waals surface area contributed by atoms with Crippen molar-refractivity contribution in [2.45, 2.75) is 6.04 Å². The summed E-state index contributed by atoms with van der Waals surface area (Å²) in [6.45, 7) is 0. The monoisotopic (exact) mass is 420 g/mol. The SMILES string of the molecule is COc1ccc(Cl)c(/C(O)=C2\C(=O)C(=O)N(c3ccccc3)C2c2cccnc2)c1. The molecular formula is C23H17ClN2O4. The summed E-state index contributed by atoms with van der Waals surface area (Å²) in [7, 11) is 1.48. The van der Waals surface area contributed by atoms with Crippen molar-refractivity contribution >= 4 is 34.7 Å². The van der Waals surface area contributed by atoms with Crippen LogP contribution in [0.15, 0.2) is 78.6 Å². The highest BCUT2D eigenvalue weighted by Gasteiger charge is 2.47. The van der Waals surface area contributed by atoms with Gasteiger partial charge < -0.3 is 9.84 Å². The predicted molar refractivity (Wildman–Crippen MR) is 113 cm³/mol. The number of amides is 1. The molecule has 6 nitrogen and oxygen atoms in total. The van der Waals surface area contributed by atoms with Crippen molar-refractivity contribution in [1.82, 2.24) is 4.98 Å². The fourth-order valence-corrected chi connectivity index (χ4v) is 3.71. The Morgan fingerprint density at radius 2 is 1.87 bits per heavy atom. The summed E-state index contributed by atoms with van der Waals surface area (Å²) >= 11 is 6.29. The quantitative estimate of drug-likeness (QED) is 0.385. The number of carbonyl (C=O) groups excluding carboxylic acids is 2. The van der Waals surface area contributed by atoms with Crippen LogP contribution in [0.2, 0.25) is 5.02 Å². The molecule has 1 saturated heterocycles. The van der Waals surface area contributed by atoms with E-state index in [1.807, 2.05) is 6.07 Å². The summed E-state index contributed by atoms with van der Waals surface area (Å²) in [5.41, 5.74) is 1.26. The van der Waals surface area contributed by atoms with Crippen LogP contribution >= 0.6 is 11.6 Å². The molecule has 3 aromatic rings. The molecule has 1 fully saturated rings. The van der Waals surface area contributed by atoms with E-state index in [0.717, 1.165) is 0 Å². The van der Waals surface area contributed by atoms with Crippen molar-refractivity contribution in [2.75, 3.05) is 12.0 Å². The average Bonchev–Trinajstić information content (AvgIpc) is 3.05. The number of hydrogen-bond acceptors (Lipinski definition) is 5. The van der Waals surface area contributed by atoms with Gasteiger partial charge in [-0.3, -0.25) is 19.5 Å². The number of hydrogen-bond donors (Lipinski definition) is 1. The van der Waals surface area contributed by atoms with E-state index in [9.17, 15) is 14.7 Å². The Kier molecular flexibility index (Phi) is 5.25. The van der Waals surface area contributed by atoms with Gasteiger partial charge in [-0.2, -0.15) is 0 Å². The zero-order valence-corrected chi connectivity index (χ0v) is 16.7. The minimum absolute atomic E-state index is 0.0630. The number of Topliss-reactive ketones (excluding diaryl/α,β-unsaturated/α-hetero) is 1. The highest BCUT2D eigenvalue weighted by molar-refractivity contribution is 6.52. The lowest BCUT2D eigenvalue weighted by atomic mass is 9.96. The summed E-state index contributed by atoms with van der Waals surface area (Å²) < 4.78 is 5.21. The molecule has 0 bridgehead atoms. The van der Waals surface area contributed by atoms with E-state index in [1.54, 1.807) is 60.9 Å². The van der Waals surface area contributed by atoms with Gasteiger partial charge in [-0.05, 0) is 42.0 Å². The molecule has 4 rings (SSSR count). The first-order valence-corrected chi connectivity index (χ1v) is 9.50. The summed E-state index contributed by atoms with van der Waals surface area (Å²) in [5, 5.41) is 11.4. The highest BCUT2D eigenvalue weighted by atomic mass is 35.5. The molecule has 1 unspecified atom stereocenters. The van der Waals surface area contributed by atoms with Crippen LogP contribution in [-0.4, -0.2) is 28.9 Å². The molecule has 1 amide bonds. The predicted octanol–water partition coefficient (Wildman–Crippen LogP) is 4.37. The van der Waals surface area contributed by atoms with Crippen LogP contribution in [0.5, 0.6) is 5.75 Å². The minimum Gasteiger partial charge on any atom is -0.507 e. The minimum atomic E-state index is -0.858. The van der Waals surface area contributed by atoms with Crippen LogP contribution in [0.25, 0.3) is 5.76 Å². The molecule has 1 aromatic heterocycles. The van der Waals surface area contributed by atoms with Gasteiger partial charge in [0.1, 0.15) is 11.5 Å². The number of aliphatic hydroxyl groups is 1. The third kappa shape index (κ3) is 3.31. The maximum Gasteiger partial charge on any atom is 0.300 e. The number of rotatable bonds is 4. The summed E-state index contributed by atoms with van der Waals surface area (Å²) in [6, 6.07) is 16.1. The van der Waals surface area contributed by atoms with Crippen molar-refractivity contribution in [3.05, 3.63) is 94.8 Å². The maximum absolute atomic E-state index is 13.0. The molecular weight excluding hydrogens is 404 g/mol. The van der Waals surface area contributed by atoms with Gasteiger partial charge in [0.15, 0.2) is 0 Å². The van der Waals surface area contributed by atoms with Gasteiger partial charge in [0.25, 0.3) is 11.7 Å². The largest absolute Gasteiger partial charge is 0.507 e. The van der Waals surface area contributed by atoms with E-state index >= 15 is 0 Å². The number of aliphatic hydroxyl groups excluding tert-OH is 1. The number of benzene rings is 2. The molecule has 1 N–H and O–H groups in total. The van der Waals surface area contributed by atoms with Gasteiger partial charge in [0.2, 0.25) is 0 Å². The second-order valence-electron chi connectivity index (χ2n) is 6.64. The number of ketones is 1. The Balaban J connectivity index is 1.97. The number of nitrogens with zero attached hydrogens (tertiary/aromatic N) is 2. The van der Waals surface area contributed by atoms with E-state index in [-0.39, 0.29) is 21.9 Å². The summed E-state index contributed by atoms with van der Waals surface area (Å²) in [6.07, 6.45) is 3.16. The number of anilines is 1. The molecule has 1 aliphatic rings. The first kappa shape index (κ1) is 19.7. The second kappa shape index (κ2) is 8.00. The summed E-state index contributed by atoms with van der Waals surface area (Å²) in [5.74, 6) is -1.46. The van der Waals surface area contributed by atoms with Crippen molar-refractivity contribution in [2.24, 2.45) is 0 Å². The fraction of sp³-hybridized carbons (Fsp3) is 0.0870. The lowest BCUT2D eigenvalue weighted by molar-refractivity contribution is -0.132. The fourth-order valence-electron chi connectivity index (χ4n) is 3.50. The van der Waals surface area contributed by atoms with E-state index < -0.39 is 17.7 Å². The molecule has 2 aromatic carbocycles. The normalized spacial score (nSPS) is 17.9. The van der Waals surface area contributed by atoms with Crippen molar-refractivity contribution < 1.29 is 19.4 Å². The van der Waals surface area contributed by atoms with Crippen LogP contribution in [-0.2, 0) is 9.59 Å². The van der Waals surface area contributed by atoms with Gasteiger partial charge in [0.05, 0.1) is 23.7 Å². The molecule has 2 heterocycles. The van der Waals surface area contributed by atoms with Crippen LogP contribution in [0.1, 0.15) is 17.2 Å². The van der Waals surface area contributed by atoms with Crippen LogP contribution in [0.3, 0.4) is 0 Å². The zero-order valence-electron chi connectivity index (χ0n) is 15.9. The molecule has 0 radical (unpaired) electrons. The van der Waals surface area contributed by atoms with E-state index in [2.05, 4.69) is 4.98 Å². The standard InChI is InChI=1S/C23H17ClN2O4/c1-30-16-9-10-18(24)17(12-16)21(27)19-20(14-6-5-11-25-13-14)26(23(29)22(19)28)15-7-3-2-4-8-15/h2-13,20,27H,1H3/b21-19+. The van der Waals surface area contributed by atoms with Gasteiger partial charge in [0, 0.05) is 23.6 Å². The Morgan fingerprint density at radius 1 is 1.10 bits per heavy atom. The number of halogens is 1. The first-order valence-electron chi connectivity index (χ1n) is 9.13. The third-order valence-electron chi connectivity index (χ3n) is 4.91. The molecule has 0 saturated carbocycles. The molecule has 0 spiro atoms. The third-order valence-corrected chi connectivity index (χ3v) is 5.24.